The molecule has 0 atom stereocenters. The largest absolute Gasteiger partial charge is 0.307 e. The Kier molecular flexibility index (Phi) is 4.31. The molecule has 0 fully saturated rings. The highest BCUT2D eigenvalue weighted by Crippen LogP contribution is 2.16. The number of pyridine rings is 1. The molecular weight excluding hydrogens is 260 g/mol. The molecule has 4 heteroatoms. The van der Waals surface area contributed by atoms with Crippen LogP contribution in [0.1, 0.15) is 11.1 Å². The number of hydrogen-bond donors (Lipinski definition) is 1. The van der Waals surface area contributed by atoms with Crippen molar-refractivity contribution in [3.05, 3.63) is 64.8 Å². The van der Waals surface area contributed by atoms with E-state index in [9.17, 15) is 4.79 Å². The Morgan fingerprint density at radius 2 is 2.11 bits per heavy atom. The molecule has 0 unspecified atom stereocenters. The summed E-state index contributed by atoms with van der Waals surface area (Å²) in [4.78, 5) is 15.8. The molecule has 0 aliphatic rings. The van der Waals surface area contributed by atoms with E-state index in [1.54, 1.807) is 24.4 Å². The van der Waals surface area contributed by atoms with Crippen molar-refractivity contribution in [1.29, 1.82) is 0 Å². The molecule has 0 spiro atoms. The molecule has 0 saturated heterocycles. The van der Waals surface area contributed by atoms with E-state index < -0.39 is 0 Å². The predicted molar refractivity (Wildman–Crippen MR) is 78.1 cm³/mol. The number of aryl methyl sites for hydroxylation is 1. The number of halogens is 1. The summed E-state index contributed by atoms with van der Waals surface area (Å²) in [6.45, 7) is 1.94. The summed E-state index contributed by atoms with van der Waals surface area (Å²) in [5.41, 5.74) is 1.84. The maximum absolute atomic E-state index is 11.7. The lowest BCUT2D eigenvalue weighted by molar-refractivity contribution is -0.111. The van der Waals surface area contributed by atoms with Crippen LogP contribution in [0.2, 0.25) is 5.02 Å². The fourth-order valence-corrected chi connectivity index (χ4v) is 1.75. The van der Waals surface area contributed by atoms with Crippen LogP contribution in [0.5, 0.6) is 0 Å². The Balaban J connectivity index is 2.04. The summed E-state index contributed by atoms with van der Waals surface area (Å²) in [6, 6.07) is 11.0. The summed E-state index contributed by atoms with van der Waals surface area (Å²) >= 11 is 5.99. The number of carbonyl (C=O) groups excluding carboxylic acids is 1. The van der Waals surface area contributed by atoms with Crippen molar-refractivity contribution in [3.8, 4) is 0 Å². The quantitative estimate of drug-likeness (QED) is 0.866. The van der Waals surface area contributed by atoms with Gasteiger partial charge in [0.1, 0.15) is 5.82 Å². The second kappa shape index (κ2) is 6.16. The number of nitrogens with one attached hydrogen (secondary N) is 1. The lowest BCUT2D eigenvalue weighted by atomic mass is 10.2. The van der Waals surface area contributed by atoms with Crippen molar-refractivity contribution >= 4 is 29.4 Å². The number of carbonyl (C=O) groups is 1. The molecule has 0 radical (unpaired) electrons. The van der Waals surface area contributed by atoms with Gasteiger partial charge in [-0.1, -0.05) is 29.8 Å². The van der Waals surface area contributed by atoms with Gasteiger partial charge in [0.25, 0.3) is 0 Å². The van der Waals surface area contributed by atoms with E-state index in [1.165, 1.54) is 6.08 Å². The molecule has 1 N–H and O–H groups in total. The zero-order valence-electron chi connectivity index (χ0n) is 10.4. The van der Waals surface area contributed by atoms with Crippen molar-refractivity contribution in [1.82, 2.24) is 4.98 Å². The average molecular weight is 273 g/mol. The third-order valence-corrected chi connectivity index (χ3v) is 2.83. The van der Waals surface area contributed by atoms with Crippen molar-refractivity contribution in [3.63, 3.8) is 0 Å². The minimum Gasteiger partial charge on any atom is -0.307 e. The number of benzene rings is 1. The molecule has 3 nitrogen and oxygen atoms in total. The van der Waals surface area contributed by atoms with Gasteiger partial charge in [0, 0.05) is 17.3 Å². The molecule has 96 valence electrons. The van der Waals surface area contributed by atoms with Crippen LogP contribution in [0, 0.1) is 6.92 Å². The first kappa shape index (κ1) is 13.3. The van der Waals surface area contributed by atoms with Crippen LogP contribution < -0.4 is 5.32 Å². The fraction of sp³-hybridized carbons (Fsp3) is 0.0667. The second-order valence-electron chi connectivity index (χ2n) is 4.06. The molecule has 0 saturated carbocycles. The van der Waals surface area contributed by atoms with E-state index in [2.05, 4.69) is 10.3 Å². The van der Waals surface area contributed by atoms with Crippen molar-refractivity contribution in [2.24, 2.45) is 0 Å². The Labute approximate surface area is 116 Å². The van der Waals surface area contributed by atoms with Crippen LogP contribution >= 0.6 is 11.6 Å². The first-order valence-electron chi connectivity index (χ1n) is 5.81. The standard InChI is InChI=1S/C15H13ClN2O/c1-11-8-9-17-14(10-11)18-15(19)7-6-12-4-2-3-5-13(12)16/h2-10H,1H3,(H,17,18,19)/b7-6+. The molecule has 0 bridgehead atoms. The Bertz CT molecular complexity index is 623. The first-order chi connectivity index (χ1) is 9.15. The number of aromatic nitrogens is 1. The number of hydrogen-bond acceptors (Lipinski definition) is 2. The fourth-order valence-electron chi connectivity index (χ4n) is 1.55. The first-order valence-corrected chi connectivity index (χ1v) is 6.19. The maximum Gasteiger partial charge on any atom is 0.249 e. The molecular formula is C15H13ClN2O. The molecule has 19 heavy (non-hydrogen) atoms. The maximum atomic E-state index is 11.7. The lowest BCUT2D eigenvalue weighted by Gasteiger charge is -2.01. The van der Waals surface area contributed by atoms with Crippen LogP contribution in [0.4, 0.5) is 5.82 Å². The predicted octanol–water partition coefficient (Wildman–Crippen LogP) is 3.70. The zero-order valence-corrected chi connectivity index (χ0v) is 11.2. The summed E-state index contributed by atoms with van der Waals surface area (Å²) in [6.07, 6.45) is 4.77. The molecule has 2 aromatic rings. The van der Waals surface area contributed by atoms with E-state index in [-0.39, 0.29) is 5.91 Å². The Hall–Kier alpha value is -2.13. The van der Waals surface area contributed by atoms with E-state index >= 15 is 0 Å². The minimum atomic E-state index is -0.238. The Morgan fingerprint density at radius 1 is 1.32 bits per heavy atom. The van der Waals surface area contributed by atoms with Crippen LogP contribution in [0.15, 0.2) is 48.7 Å². The molecule has 1 heterocycles. The molecule has 1 aromatic carbocycles. The summed E-state index contributed by atoms with van der Waals surface area (Å²) in [7, 11) is 0. The van der Waals surface area contributed by atoms with Crippen molar-refractivity contribution < 1.29 is 4.79 Å². The molecule has 1 amide bonds. The average Bonchev–Trinajstić information content (AvgIpc) is 2.38. The van der Waals surface area contributed by atoms with Gasteiger partial charge in [-0.05, 0) is 42.3 Å². The van der Waals surface area contributed by atoms with E-state index in [0.717, 1.165) is 11.1 Å². The molecule has 1 aromatic heterocycles. The Morgan fingerprint density at radius 3 is 2.84 bits per heavy atom. The molecule has 0 aliphatic heterocycles. The normalized spacial score (nSPS) is 10.6. The van der Waals surface area contributed by atoms with Crippen molar-refractivity contribution in [2.75, 3.05) is 5.32 Å². The summed E-state index contributed by atoms with van der Waals surface area (Å²) < 4.78 is 0. The third-order valence-electron chi connectivity index (χ3n) is 2.49. The van der Waals surface area contributed by atoms with Crippen molar-refractivity contribution in [2.45, 2.75) is 6.92 Å². The van der Waals surface area contributed by atoms with E-state index in [4.69, 9.17) is 11.6 Å². The molecule has 2 rings (SSSR count). The van der Waals surface area contributed by atoms with Gasteiger partial charge < -0.3 is 5.32 Å². The van der Waals surface area contributed by atoms with E-state index in [0.29, 0.717) is 10.8 Å². The third kappa shape index (κ3) is 3.93. The SMILES string of the molecule is Cc1ccnc(NC(=O)/C=C/c2ccccc2Cl)c1. The highest BCUT2D eigenvalue weighted by Gasteiger charge is 2.00. The van der Waals surface area contributed by atoms with Gasteiger partial charge in [0.05, 0.1) is 0 Å². The number of anilines is 1. The van der Waals surface area contributed by atoms with Gasteiger partial charge in [-0.25, -0.2) is 4.98 Å². The van der Waals surface area contributed by atoms with Gasteiger partial charge in [0.15, 0.2) is 0 Å². The topological polar surface area (TPSA) is 42.0 Å². The highest BCUT2D eigenvalue weighted by molar-refractivity contribution is 6.32. The lowest BCUT2D eigenvalue weighted by Crippen LogP contribution is -2.09. The van der Waals surface area contributed by atoms with Gasteiger partial charge >= 0.3 is 0 Å². The summed E-state index contributed by atoms with van der Waals surface area (Å²) in [5.74, 6) is 0.298. The van der Waals surface area contributed by atoms with Gasteiger partial charge in [0.2, 0.25) is 5.91 Å². The number of amides is 1. The second-order valence-corrected chi connectivity index (χ2v) is 4.47. The minimum absolute atomic E-state index is 0.238. The number of nitrogens with zero attached hydrogens (tertiary/aromatic N) is 1. The highest BCUT2D eigenvalue weighted by atomic mass is 35.5. The van der Waals surface area contributed by atoms with Crippen LogP contribution in [-0.4, -0.2) is 10.9 Å². The van der Waals surface area contributed by atoms with Crippen LogP contribution in [0.25, 0.3) is 6.08 Å². The smallest absolute Gasteiger partial charge is 0.249 e. The van der Waals surface area contributed by atoms with Gasteiger partial charge in [-0.15, -0.1) is 0 Å². The van der Waals surface area contributed by atoms with E-state index in [1.807, 2.05) is 31.2 Å². The molecule has 0 aliphatic carbocycles. The summed E-state index contributed by atoms with van der Waals surface area (Å²) in [5, 5.41) is 3.30. The monoisotopic (exact) mass is 272 g/mol. The van der Waals surface area contributed by atoms with Crippen LogP contribution in [0.3, 0.4) is 0 Å². The zero-order chi connectivity index (χ0) is 13.7. The number of rotatable bonds is 3. The van der Waals surface area contributed by atoms with Crippen LogP contribution in [-0.2, 0) is 4.79 Å². The van der Waals surface area contributed by atoms with Gasteiger partial charge in [-0.2, -0.15) is 0 Å². The van der Waals surface area contributed by atoms with Gasteiger partial charge in [-0.3, -0.25) is 4.79 Å².